The van der Waals surface area contributed by atoms with Crippen LogP contribution in [0.5, 0.6) is 0 Å². The second-order valence-electron chi connectivity index (χ2n) is 4.86. The van der Waals surface area contributed by atoms with E-state index in [-0.39, 0.29) is 18.6 Å². The summed E-state index contributed by atoms with van der Waals surface area (Å²) in [6, 6.07) is 0. The molecule has 1 rings (SSSR count). The molecular formula is C10H20N4O2. The predicted molar refractivity (Wildman–Crippen MR) is 59.7 cm³/mol. The third-order valence-electron chi connectivity index (χ3n) is 2.30. The van der Waals surface area contributed by atoms with Gasteiger partial charge < -0.3 is 15.9 Å². The van der Waals surface area contributed by atoms with E-state index in [1.54, 1.807) is 4.68 Å². The topological polar surface area (TPSA) is 97.2 Å². The van der Waals surface area contributed by atoms with Crippen LogP contribution in [0.4, 0.5) is 0 Å². The van der Waals surface area contributed by atoms with Crippen molar-refractivity contribution in [3.05, 3.63) is 11.4 Å². The summed E-state index contributed by atoms with van der Waals surface area (Å²) < 4.78 is 1.61. The van der Waals surface area contributed by atoms with Crippen molar-refractivity contribution in [2.75, 3.05) is 6.61 Å². The van der Waals surface area contributed by atoms with Crippen LogP contribution in [0.3, 0.4) is 0 Å². The second kappa shape index (κ2) is 4.90. The van der Waals surface area contributed by atoms with Gasteiger partial charge in [0.05, 0.1) is 30.6 Å². The highest BCUT2D eigenvalue weighted by molar-refractivity contribution is 5.19. The van der Waals surface area contributed by atoms with E-state index in [0.717, 1.165) is 11.4 Å². The molecule has 4 N–H and O–H groups in total. The maximum Gasteiger partial charge on any atom is 0.1000 e. The van der Waals surface area contributed by atoms with Crippen LogP contribution in [0.25, 0.3) is 0 Å². The minimum Gasteiger partial charge on any atom is -0.394 e. The number of aromatic nitrogens is 3. The Morgan fingerprint density at radius 3 is 2.50 bits per heavy atom. The lowest BCUT2D eigenvalue weighted by molar-refractivity contribution is 0.0763. The molecule has 0 amide bonds. The van der Waals surface area contributed by atoms with E-state index in [1.165, 1.54) is 0 Å². The SMILES string of the molecule is CC(C)(C)c1c(CN)nnn1CC(O)CO. The molecule has 6 heteroatoms. The maximum absolute atomic E-state index is 9.41. The fourth-order valence-corrected chi connectivity index (χ4v) is 1.69. The first kappa shape index (κ1) is 13.1. The van der Waals surface area contributed by atoms with E-state index in [9.17, 15) is 5.11 Å². The number of nitrogens with two attached hydrogens (primary N) is 1. The Morgan fingerprint density at radius 2 is 2.06 bits per heavy atom. The molecule has 0 fully saturated rings. The number of hydrogen-bond donors (Lipinski definition) is 3. The van der Waals surface area contributed by atoms with E-state index >= 15 is 0 Å². The van der Waals surface area contributed by atoms with Crippen molar-refractivity contribution in [2.45, 2.75) is 45.4 Å². The monoisotopic (exact) mass is 228 g/mol. The van der Waals surface area contributed by atoms with Crippen LogP contribution >= 0.6 is 0 Å². The van der Waals surface area contributed by atoms with Crippen molar-refractivity contribution >= 4 is 0 Å². The molecule has 0 saturated heterocycles. The summed E-state index contributed by atoms with van der Waals surface area (Å²) in [7, 11) is 0. The van der Waals surface area contributed by atoms with Crippen LogP contribution in [0.1, 0.15) is 32.2 Å². The molecule has 16 heavy (non-hydrogen) atoms. The lowest BCUT2D eigenvalue weighted by atomic mass is 9.90. The largest absolute Gasteiger partial charge is 0.394 e. The summed E-state index contributed by atoms with van der Waals surface area (Å²) in [5.74, 6) is 0. The Hall–Kier alpha value is -0.980. The minimum atomic E-state index is -0.826. The second-order valence-corrected chi connectivity index (χ2v) is 4.86. The van der Waals surface area contributed by atoms with Gasteiger partial charge in [-0.25, -0.2) is 4.68 Å². The van der Waals surface area contributed by atoms with Crippen LogP contribution < -0.4 is 5.73 Å². The normalized spacial score (nSPS) is 14.1. The van der Waals surface area contributed by atoms with Gasteiger partial charge in [0.2, 0.25) is 0 Å². The number of rotatable bonds is 4. The van der Waals surface area contributed by atoms with Gasteiger partial charge in [-0.2, -0.15) is 0 Å². The van der Waals surface area contributed by atoms with Crippen LogP contribution in [0.15, 0.2) is 0 Å². The van der Waals surface area contributed by atoms with E-state index in [2.05, 4.69) is 10.3 Å². The van der Waals surface area contributed by atoms with Crippen molar-refractivity contribution < 1.29 is 10.2 Å². The van der Waals surface area contributed by atoms with E-state index in [4.69, 9.17) is 10.8 Å². The highest BCUT2D eigenvalue weighted by Gasteiger charge is 2.25. The molecule has 6 nitrogen and oxygen atoms in total. The zero-order valence-corrected chi connectivity index (χ0v) is 10.0. The molecule has 1 unspecified atom stereocenters. The van der Waals surface area contributed by atoms with Crippen LogP contribution in [-0.2, 0) is 18.5 Å². The van der Waals surface area contributed by atoms with Gasteiger partial charge in [-0.05, 0) is 0 Å². The molecule has 0 aliphatic carbocycles. The highest BCUT2D eigenvalue weighted by atomic mass is 16.3. The number of hydrogen-bond acceptors (Lipinski definition) is 5. The Labute approximate surface area is 95.1 Å². The van der Waals surface area contributed by atoms with Crippen molar-refractivity contribution in [3.8, 4) is 0 Å². The summed E-state index contributed by atoms with van der Waals surface area (Å²) in [6.45, 7) is 6.37. The summed E-state index contributed by atoms with van der Waals surface area (Å²) in [5, 5.41) is 26.2. The van der Waals surface area contributed by atoms with Gasteiger partial charge in [0, 0.05) is 12.0 Å². The van der Waals surface area contributed by atoms with Crippen molar-refractivity contribution in [1.29, 1.82) is 0 Å². The first-order chi connectivity index (χ1) is 7.40. The lowest BCUT2D eigenvalue weighted by Gasteiger charge is -2.21. The minimum absolute atomic E-state index is 0.145. The number of aliphatic hydroxyl groups is 2. The van der Waals surface area contributed by atoms with Crippen molar-refractivity contribution in [3.63, 3.8) is 0 Å². The maximum atomic E-state index is 9.41. The highest BCUT2D eigenvalue weighted by Crippen LogP contribution is 2.24. The van der Waals surface area contributed by atoms with Crippen LogP contribution in [0.2, 0.25) is 0 Å². The zero-order valence-electron chi connectivity index (χ0n) is 10.0. The first-order valence-electron chi connectivity index (χ1n) is 5.32. The third kappa shape index (κ3) is 2.78. The van der Waals surface area contributed by atoms with Gasteiger partial charge in [-0.15, -0.1) is 5.10 Å². The van der Waals surface area contributed by atoms with Gasteiger partial charge in [-0.3, -0.25) is 0 Å². The molecule has 1 aromatic rings. The van der Waals surface area contributed by atoms with Crippen molar-refractivity contribution in [1.82, 2.24) is 15.0 Å². The Bertz CT molecular complexity index is 343. The molecule has 0 saturated carbocycles. The smallest absolute Gasteiger partial charge is 0.1000 e. The predicted octanol–water partition coefficient (Wildman–Crippen LogP) is -0.613. The molecule has 1 atom stereocenters. The molecule has 92 valence electrons. The van der Waals surface area contributed by atoms with E-state index in [1.807, 2.05) is 20.8 Å². The summed E-state index contributed by atoms with van der Waals surface area (Å²) in [6.07, 6.45) is -0.826. The molecule has 1 heterocycles. The van der Waals surface area contributed by atoms with E-state index < -0.39 is 6.10 Å². The molecule has 0 aromatic carbocycles. The summed E-state index contributed by atoms with van der Waals surface area (Å²) in [4.78, 5) is 0. The average Bonchev–Trinajstić information content (AvgIpc) is 2.60. The molecule has 1 aromatic heterocycles. The number of aliphatic hydroxyl groups excluding tert-OH is 2. The summed E-state index contributed by atoms with van der Waals surface area (Å²) >= 11 is 0. The fourth-order valence-electron chi connectivity index (χ4n) is 1.69. The number of nitrogens with zero attached hydrogens (tertiary/aromatic N) is 3. The molecule has 0 spiro atoms. The zero-order chi connectivity index (χ0) is 12.3. The molecule has 0 bridgehead atoms. The van der Waals surface area contributed by atoms with Gasteiger partial charge in [0.15, 0.2) is 0 Å². The summed E-state index contributed by atoms with van der Waals surface area (Å²) in [5.41, 5.74) is 7.09. The molecule has 0 radical (unpaired) electrons. The van der Waals surface area contributed by atoms with Gasteiger partial charge in [-0.1, -0.05) is 26.0 Å². The van der Waals surface area contributed by atoms with Gasteiger partial charge in [0.25, 0.3) is 0 Å². The fraction of sp³-hybridized carbons (Fsp3) is 0.800. The van der Waals surface area contributed by atoms with E-state index in [0.29, 0.717) is 6.54 Å². The average molecular weight is 228 g/mol. The molecular weight excluding hydrogens is 208 g/mol. The Morgan fingerprint density at radius 1 is 1.44 bits per heavy atom. The Balaban J connectivity index is 3.05. The standard InChI is InChI=1S/C10H20N4O2/c1-10(2,3)9-8(4-11)12-13-14(9)5-7(16)6-15/h7,15-16H,4-6,11H2,1-3H3. The van der Waals surface area contributed by atoms with Crippen LogP contribution in [0, 0.1) is 0 Å². The first-order valence-corrected chi connectivity index (χ1v) is 5.32. The van der Waals surface area contributed by atoms with Crippen LogP contribution in [-0.4, -0.2) is 37.9 Å². The van der Waals surface area contributed by atoms with Gasteiger partial charge >= 0.3 is 0 Å². The molecule has 0 aliphatic rings. The van der Waals surface area contributed by atoms with Gasteiger partial charge in [0.1, 0.15) is 0 Å². The lowest BCUT2D eigenvalue weighted by Crippen LogP contribution is -2.27. The van der Waals surface area contributed by atoms with Crippen molar-refractivity contribution in [2.24, 2.45) is 5.73 Å². The molecule has 0 aliphatic heterocycles. The third-order valence-corrected chi connectivity index (χ3v) is 2.30. The quantitative estimate of drug-likeness (QED) is 0.638. The Kier molecular flexibility index (Phi) is 4.01.